The molecular weight excluding hydrogens is 242 g/mol. The molecule has 0 bridgehead atoms. The van der Waals surface area contributed by atoms with Gasteiger partial charge < -0.3 is 15.3 Å². The molecule has 6 nitrogen and oxygen atoms in total. The monoisotopic (exact) mass is 265 g/mol. The molecule has 0 radical (unpaired) electrons. The highest BCUT2D eigenvalue weighted by molar-refractivity contribution is 5.33. The van der Waals surface area contributed by atoms with Gasteiger partial charge in [0.25, 0.3) is 0 Å². The number of hydrogen-bond donors (Lipinski definition) is 3. The molecule has 3 atom stereocenters. The summed E-state index contributed by atoms with van der Waals surface area (Å²) in [5.74, 6) is 2.45. The van der Waals surface area contributed by atoms with E-state index in [1.54, 1.807) is 6.92 Å². The highest BCUT2D eigenvalue weighted by Crippen LogP contribution is 2.28. The molecule has 19 heavy (non-hydrogen) atoms. The van der Waals surface area contributed by atoms with E-state index in [9.17, 15) is 5.11 Å². The molecule has 2 fully saturated rings. The van der Waals surface area contributed by atoms with Gasteiger partial charge in [-0.15, -0.1) is 5.10 Å². The number of aromatic amines is 1. The lowest BCUT2D eigenvalue weighted by atomic mass is 9.92. The average Bonchev–Trinajstić information content (AvgIpc) is 3.04. The number of rotatable bonds is 4. The molecule has 0 aliphatic carbocycles. The smallest absolute Gasteiger partial charge is 0.245 e. The highest BCUT2D eigenvalue weighted by Gasteiger charge is 2.36. The lowest BCUT2D eigenvalue weighted by Crippen LogP contribution is -2.45. The van der Waals surface area contributed by atoms with Crippen LogP contribution in [0.15, 0.2) is 0 Å². The van der Waals surface area contributed by atoms with E-state index in [-0.39, 0.29) is 6.10 Å². The maximum atomic E-state index is 9.31. The Hall–Kier alpha value is -1.14. The van der Waals surface area contributed by atoms with Gasteiger partial charge in [-0.05, 0) is 32.1 Å². The zero-order valence-corrected chi connectivity index (χ0v) is 11.5. The first-order valence-corrected chi connectivity index (χ1v) is 7.30. The van der Waals surface area contributed by atoms with E-state index in [0.29, 0.717) is 6.04 Å². The molecule has 3 heterocycles. The van der Waals surface area contributed by atoms with E-state index in [0.717, 1.165) is 50.2 Å². The summed E-state index contributed by atoms with van der Waals surface area (Å²) in [6.07, 6.45) is 3.73. The number of piperidine rings is 1. The first-order chi connectivity index (χ1) is 9.24. The van der Waals surface area contributed by atoms with Crippen molar-refractivity contribution < 1.29 is 5.11 Å². The number of aliphatic hydroxyl groups excluding tert-OH is 1. The van der Waals surface area contributed by atoms with E-state index in [1.165, 1.54) is 12.8 Å². The summed E-state index contributed by atoms with van der Waals surface area (Å²) < 4.78 is 0. The Balaban J connectivity index is 1.67. The molecule has 3 N–H and O–H groups in total. The van der Waals surface area contributed by atoms with Crippen molar-refractivity contribution in [2.75, 3.05) is 24.5 Å². The van der Waals surface area contributed by atoms with Gasteiger partial charge in [0.15, 0.2) is 0 Å². The van der Waals surface area contributed by atoms with E-state index < -0.39 is 0 Å². The first-order valence-electron chi connectivity index (χ1n) is 7.30. The number of H-pyrrole nitrogens is 1. The van der Waals surface area contributed by atoms with Crippen LogP contribution in [0.25, 0.3) is 0 Å². The summed E-state index contributed by atoms with van der Waals surface area (Å²) >= 11 is 0. The van der Waals surface area contributed by atoms with Gasteiger partial charge in [-0.2, -0.15) is 4.98 Å². The second kappa shape index (κ2) is 5.46. The molecule has 0 amide bonds. The van der Waals surface area contributed by atoms with Crippen LogP contribution in [0.4, 0.5) is 5.95 Å². The number of anilines is 1. The van der Waals surface area contributed by atoms with Crippen LogP contribution in [0.5, 0.6) is 0 Å². The van der Waals surface area contributed by atoms with E-state index in [4.69, 9.17) is 0 Å². The van der Waals surface area contributed by atoms with Crippen LogP contribution in [0, 0.1) is 5.92 Å². The molecule has 6 heteroatoms. The molecule has 3 rings (SSSR count). The number of fused-ring (bicyclic) bond motifs is 1. The maximum Gasteiger partial charge on any atom is 0.245 e. The Kier molecular flexibility index (Phi) is 3.70. The van der Waals surface area contributed by atoms with Crippen molar-refractivity contribution in [3.63, 3.8) is 0 Å². The van der Waals surface area contributed by atoms with E-state index in [1.807, 2.05) is 0 Å². The molecule has 1 aromatic heterocycles. The molecule has 0 aromatic carbocycles. The first kappa shape index (κ1) is 12.9. The molecule has 106 valence electrons. The van der Waals surface area contributed by atoms with Crippen LogP contribution in [0.2, 0.25) is 0 Å². The quantitative estimate of drug-likeness (QED) is 0.730. The number of aryl methyl sites for hydroxylation is 1. The Morgan fingerprint density at radius 3 is 3.21 bits per heavy atom. The summed E-state index contributed by atoms with van der Waals surface area (Å²) in [4.78, 5) is 6.93. The van der Waals surface area contributed by atoms with Gasteiger partial charge in [0.05, 0.1) is 6.10 Å². The number of aliphatic hydroxyl groups is 1. The third kappa shape index (κ3) is 2.74. The van der Waals surface area contributed by atoms with Crippen LogP contribution < -0.4 is 10.2 Å². The Morgan fingerprint density at radius 2 is 2.37 bits per heavy atom. The molecule has 2 aliphatic heterocycles. The lowest BCUT2D eigenvalue weighted by molar-refractivity contribution is 0.184. The zero-order valence-electron chi connectivity index (χ0n) is 11.5. The Bertz CT molecular complexity index is 419. The maximum absolute atomic E-state index is 9.31. The zero-order chi connectivity index (χ0) is 13.2. The van der Waals surface area contributed by atoms with Crippen molar-refractivity contribution in [1.82, 2.24) is 20.5 Å². The van der Waals surface area contributed by atoms with Crippen LogP contribution in [-0.4, -0.2) is 52.1 Å². The van der Waals surface area contributed by atoms with Gasteiger partial charge in [-0.25, -0.2) is 0 Å². The van der Waals surface area contributed by atoms with E-state index in [2.05, 4.69) is 25.4 Å². The van der Waals surface area contributed by atoms with Gasteiger partial charge in [0, 0.05) is 32.1 Å². The van der Waals surface area contributed by atoms with Gasteiger partial charge >= 0.3 is 0 Å². The van der Waals surface area contributed by atoms with Crippen molar-refractivity contribution in [3.8, 4) is 0 Å². The molecule has 0 saturated carbocycles. The van der Waals surface area contributed by atoms with Crippen LogP contribution in [-0.2, 0) is 6.42 Å². The van der Waals surface area contributed by atoms with Crippen LogP contribution in [0.3, 0.4) is 0 Å². The SMILES string of the molecule is CC(O)CCc1nc(N2CCCC3CNCC32)n[nH]1. The average molecular weight is 265 g/mol. The molecule has 3 unspecified atom stereocenters. The predicted octanol–water partition coefficient (Wildman–Crippen LogP) is 0.306. The number of nitrogens with one attached hydrogen (secondary N) is 2. The Labute approximate surface area is 113 Å². The summed E-state index contributed by atoms with van der Waals surface area (Å²) in [6, 6.07) is 0.550. The minimum atomic E-state index is -0.285. The second-order valence-corrected chi connectivity index (χ2v) is 5.79. The molecule has 2 saturated heterocycles. The standard InChI is InChI=1S/C13H23N5O/c1-9(19)4-5-12-15-13(17-16-12)18-6-2-3-10-7-14-8-11(10)18/h9-11,14,19H,2-8H2,1H3,(H,15,16,17). The lowest BCUT2D eigenvalue weighted by Gasteiger charge is -2.36. The fourth-order valence-corrected chi connectivity index (χ4v) is 3.19. The third-order valence-corrected chi connectivity index (χ3v) is 4.25. The fourth-order valence-electron chi connectivity index (χ4n) is 3.19. The predicted molar refractivity (Wildman–Crippen MR) is 73.1 cm³/mol. The van der Waals surface area contributed by atoms with Crippen molar-refractivity contribution in [3.05, 3.63) is 5.82 Å². The molecule has 1 aromatic rings. The van der Waals surface area contributed by atoms with Gasteiger partial charge in [0.2, 0.25) is 5.95 Å². The third-order valence-electron chi connectivity index (χ3n) is 4.25. The minimum Gasteiger partial charge on any atom is -0.393 e. The second-order valence-electron chi connectivity index (χ2n) is 5.79. The summed E-state index contributed by atoms with van der Waals surface area (Å²) in [7, 11) is 0. The van der Waals surface area contributed by atoms with Crippen molar-refractivity contribution in [2.45, 2.75) is 44.8 Å². The number of aromatic nitrogens is 3. The van der Waals surface area contributed by atoms with Gasteiger partial charge in [-0.3, -0.25) is 5.10 Å². The van der Waals surface area contributed by atoms with Gasteiger partial charge in [-0.1, -0.05) is 0 Å². The number of hydrogen-bond acceptors (Lipinski definition) is 5. The molecular formula is C13H23N5O. The van der Waals surface area contributed by atoms with Crippen molar-refractivity contribution in [2.24, 2.45) is 5.92 Å². The summed E-state index contributed by atoms with van der Waals surface area (Å²) in [6.45, 7) is 5.02. The summed E-state index contributed by atoms with van der Waals surface area (Å²) in [5, 5.41) is 20.1. The normalized spacial score (nSPS) is 28.4. The van der Waals surface area contributed by atoms with Crippen LogP contribution in [0.1, 0.15) is 32.0 Å². The number of nitrogens with zero attached hydrogens (tertiary/aromatic N) is 3. The summed E-state index contributed by atoms with van der Waals surface area (Å²) in [5.41, 5.74) is 0. The van der Waals surface area contributed by atoms with Crippen LogP contribution >= 0.6 is 0 Å². The van der Waals surface area contributed by atoms with Gasteiger partial charge in [0.1, 0.15) is 5.82 Å². The topological polar surface area (TPSA) is 77.1 Å². The highest BCUT2D eigenvalue weighted by atomic mass is 16.3. The Morgan fingerprint density at radius 1 is 1.47 bits per heavy atom. The minimum absolute atomic E-state index is 0.285. The van der Waals surface area contributed by atoms with Crippen molar-refractivity contribution >= 4 is 5.95 Å². The molecule has 0 spiro atoms. The molecule has 2 aliphatic rings. The largest absolute Gasteiger partial charge is 0.393 e. The fraction of sp³-hybridized carbons (Fsp3) is 0.846. The van der Waals surface area contributed by atoms with E-state index >= 15 is 0 Å². The van der Waals surface area contributed by atoms with Crippen molar-refractivity contribution in [1.29, 1.82) is 0 Å².